The van der Waals surface area contributed by atoms with Crippen LogP contribution in [0.5, 0.6) is 0 Å². The fourth-order valence-electron chi connectivity index (χ4n) is 2.66. The monoisotopic (exact) mass is 240 g/mol. The number of carbonyl (C=O) groups excluding carboxylic acids is 1. The third kappa shape index (κ3) is 3.68. The lowest BCUT2D eigenvalue weighted by Crippen LogP contribution is -2.44. The minimum Gasteiger partial charge on any atom is -0.368 e. The normalized spacial score (nSPS) is 34.3. The summed E-state index contributed by atoms with van der Waals surface area (Å²) in [6.45, 7) is 5.94. The van der Waals surface area contributed by atoms with Gasteiger partial charge in [-0.1, -0.05) is 6.92 Å². The number of hydrogen-bond donors (Lipinski definition) is 2. The van der Waals surface area contributed by atoms with Crippen molar-refractivity contribution >= 4 is 5.91 Å². The molecule has 2 rings (SSSR count). The van der Waals surface area contributed by atoms with Crippen molar-refractivity contribution in [2.75, 3.05) is 26.2 Å². The van der Waals surface area contributed by atoms with E-state index in [1.165, 1.54) is 0 Å². The molecule has 2 N–H and O–H groups in total. The number of amides is 1. The summed E-state index contributed by atoms with van der Waals surface area (Å²) in [5, 5.41) is 6.44. The molecule has 4 heteroatoms. The summed E-state index contributed by atoms with van der Waals surface area (Å²) in [5.74, 6) is 1.36. The Morgan fingerprint density at radius 2 is 2.29 bits per heavy atom. The first-order chi connectivity index (χ1) is 8.27. The molecule has 0 bridgehead atoms. The van der Waals surface area contributed by atoms with Gasteiger partial charge in [0.25, 0.3) is 0 Å². The van der Waals surface area contributed by atoms with E-state index in [0.717, 1.165) is 51.9 Å². The van der Waals surface area contributed by atoms with Gasteiger partial charge in [0.05, 0.1) is 0 Å². The van der Waals surface area contributed by atoms with Gasteiger partial charge in [0.15, 0.2) is 0 Å². The van der Waals surface area contributed by atoms with Crippen molar-refractivity contribution < 1.29 is 9.53 Å². The van der Waals surface area contributed by atoms with Crippen LogP contribution in [-0.2, 0) is 9.53 Å². The average Bonchev–Trinajstić information content (AvgIpc) is 2.38. The molecule has 17 heavy (non-hydrogen) atoms. The zero-order chi connectivity index (χ0) is 12.1. The Hall–Kier alpha value is -0.610. The molecule has 2 aliphatic rings. The van der Waals surface area contributed by atoms with Crippen molar-refractivity contribution in [1.82, 2.24) is 10.6 Å². The molecule has 0 radical (unpaired) electrons. The molecule has 3 unspecified atom stereocenters. The molecule has 0 aromatic carbocycles. The molecule has 0 aromatic rings. The van der Waals surface area contributed by atoms with E-state index < -0.39 is 0 Å². The number of nitrogens with one attached hydrogen (secondary N) is 2. The molecule has 3 atom stereocenters. The summed E-state index contributed by atoms with van der Waals surface area (Å²) < 4.78 is 5.48. The van der Waals surface area contributed by atoms with E-state index in [9.17, 15) is 4.79 Å². The molecule has 2 aliphatic heterocycles. The van der Waals surface area contributed by atoms with E-state index in [2.05, 4.69) is 17.6 Å². The van der Waals surface area contributed by atoms with Gasteiger partial charge in [-0.3, -0.25) is 4.79 Å². The minimum atomic E-state index is -0.194. The summed E-state index contributed by atoms with van der Waals surface area (Å²) >= 11 is 0. The second kappa shape index (κ2) is 6.36. The average molecular weight is 240 g/mol. The Kier molecular flexibility index (Phi) is 4.80. The second-order valence-electron chi connectivity index (χ2n) is 5.33. The molecular formula is C13H24N2O2. The zero-order valence-electron chi connectivity index (χ0n) is 10.7. The fourth-order valence-corrected chi connectivity index (χ4v) is 2.66. The fraction of sp³-hybridized carbons (Fsp3) is 0.923. The van der Waals surface area contributed by atoms with Crippen LogP contribution < -0.4 is 10.6 Å². The van der Waals surface area contributed by atoms with Crippen LogP contribution in [0.25, 0.3) is 0 Å². The number of rotatable bonds is 3. The van der Waals surface area contributed by atoms with Crippen LogP contribution in [-0.4, -0.2) is 38.3 Å². The molecule has 1 amide bonds. The van der Waals surface area contributed by atoms with Crippen LogP contribution >= 0.6 is 0 Å². The van der Waals surface area contributed by atoms with Crippen molar-refractivity contribution in [3.05, 3.63) is 0 Å². The van der Waals surface area contributed by atoms with Crippen molar-refractivity contribution in [2.45, 2.75) is 38.7 Å². The van der Waals surface area contributed by atoms with Crippen LogP contribution in [0, 0.1) is 11.8 Å². The van der Waals surface area contributed by atoms with Gasteiger partial charge in [0, 0.05) is 13.2 Å². The third-order valence-electron chi connectivity index (χ3n) is 3.97. The summed E-state index contributed by atoms with van der Waals surface area (Å²) in [4.78, 5) is 11.9. The lowest BCUT2D eigenvalue weighted by molar-refractivity contribution is -0.135. The Morgan fingerprint density at radius 3 is 3.00 bits per heavy atom. The predicted octanol–water partition coefficient (Wildman–Crippen LogP) is 0.917. The van der Waals surface area contributed by atoms with Gasteiger partial charge in [-0.05, 0) is 50.6 Å². The molecule has 2 fully saturated rings. The van der Waals surface area contributed by atoms with Crippen LogP contribution in [0.1, 0.15) is 32.6 Å². The molecule has 0 aliphatic carbocycles. The van der Waals surface area contributed by atoms with Gasteiger partial charge in [-0.15, -0.1) is 0 Å². The highest BCUT2D eigenvalue weighted by molar-refractivity contribution is 5.80. The van der Waals surface area contributed by atoms with E-state index in [0.29, 0.717) is 11.8 Å². The lowest BCUT2D eigenvalue weighted by Gasteiger charge is -2.30. The van der Waals surface area contributed by atoms with Gasteiger partial charge in [-0.25, -0.2) is 0 Å². The highest BCUT2D eigenvalue weighted by Gasteiger charge is 2.25. The van der Waals surface area contributed by atoms with Crippen molar-refractivity contribution in [3.8, 4) is 0 Å². The molecule has 0 spiro atoms. The Morgan fingerprint density at radius 1 is 1.41 bits per heavy atom. The van der Waals surface area contributed by atoms with E-state index in [-0.39, 0.29) is 12.0 Å². The number of hydrogen-bond acceptors (Lipinski definition) is 3. The summed E-state index contributed by atoms with van der Waals surface area (Å²) in [5.41, 5.74) is 0. The topological polar surface area (TPSA) is 50.4 Å². The summed E-state index contributed by atoms with van der Waals surface area (Å²) in [7, 11) is 0. The standard InChI is InChI=1S/C13H24N2O2/c1-10-8-14-6-5-11(10)9-15-13(16)12-4-2-3-7-17-12/h10-12,14H,2-9H2,1H3,(H,15,16). The first-order valence-corrected chi connectivity index (χ1v) is 6.87. The molecule has 98 valence electrons. The molecule has 2 heterocycles. The Balaban J connectivity index is 1.71. The SMILES string of the molecule is CC1CNCCC1CNC(=O)C1CCCCO1. The van der Waals surface area contributed by atoms with E-state index >= 15 is 0 Å². The molecule has 0 saturated carbocycles. The molecule has 2 saturated heterocycles. The number of carbonyl (C=O) groups is 1. The first-order valence-electron chi connectivity index (χ1n) is 6.87. The van der Waals surface area contributed by atoms with Gasteiger partial charge < -0.3 is 15.4 Å². The third-order valence-corrected chi connectivity index (χ3v) is 3.97. The van der Waals surface area contributed by atoms with Crippen LogP contribution in [0.15, 0.2) is 0 Å². The van der Waals surface area contributed by atoms with Gasteiger partial charge >= 0.3 is 0 Å². The molecular weight excluding hydrogens is 216 g/mol. The van der Waals surface area contributed by atoms with Crippen LogP contribution in [0.4, 0.5) is 0 Å². The highest BCUT2D eigenvalue weighted by atomic mass is 16.5. The quantitative estimate of drug-likeness (QED) is 0.771. The Bertz CT molecular complexity index is 252. The van der Waals surface area contributed by atoms with Crippen molar-refractivity contribution in [3.63, 3.8) is 0 Å². The molecule has 0 aromatic heterocycles. The smallest absolute Gasteiger partial charge is 0.249 e. The highest BCUT2D eigenvalue weighted by Crippen LogP contribution is 2.18. The van der Waals surface area contributed by atoms with E-state index in [1.807, 2.05) is 0 Å². The maximum Gasteiger partial charge on any atom is 0.249 e. The van der Waals surface area contributed by atoms with Crippen LogP contribution in [0.3, 0.4) is 0 Å². The largest absolute Gasteiger partial charge is 0.368 e. The van der Waals surface area contributed by atoms with Gasteiger partial charge in [-0.2, -0.15) is 0 Å². The lowest BCUT2D eigenvalue weighted by atomic mass is 9.88. The summed E-state index contributed by atoms with van der Waals surface area (Å²) in [6, 6.07) is 0. The second-order valence-corrected chi connectivity index (χ2v) is 5.33. The first kappa shape index (κ1) is 12.8. The Labute approximate surface area is 103 Å². The van der Waals surface area contributed by atoms with Gasteiger partial charge in [0.1, 0.15) is 6.10 Å². The minimum absolute atomic E-state index is 0.0930. The van der Waals surface area contributed by atoms with Gasteiger partial charge in [0.2, 0.25) is 5.91 Å². The van der Waals surface area contributed by atoms with E-state index in [4.69, 9.17) is 4.74 Å². The maximum absolute atomic E-state index is 11.9. The molecule has 4 nitrogen and oxygen atoms in total. The van der Waals surface area contributed by atoms with Crippen molar-refractivity contribution in [2.24, 2.45) is 11.8 Å². The number of piperidine rings is 1. The predicted molar refractivity (Wildman–Crippen MR) is 66.7 cm³/mol. The van der Waals surface area contributed by atoms with E-state index in [1.54, 1.807) is 0 Å². The van der Waals surface area contributed by atoms with Crippen molar-refractivity contribution in [1.29, 1.82) is 0 Å². The maximum atomic E-state index is 11.9. The zero-order valence-corrected chi connectivity index (χ0v) is 10.7. The van der Waals surface area contributed by atoms with Crippen LogP contribution in [0.2, 0.25) is 0 Å². The number of ether oxygens (including phenoxy) is 1. The summed E-state index contributed by atoms with van der Waals surface area (Å²) in [6.07, 6.45) is 4.05.